The van der Waals surface area contributed by atoms with Crippen molar-refractivity contribution in [2.75, 3.05) is 19.6 Å². The van der Waals surface area contributed by atoms with E-state index < -0.39 is 0 Å². The van der Waals surface area contributed by atoms with E-state index in [1.165, 1.54) is 0 Å². The fourth-order valence-corrected chi connectivity index (χ4v) is 1.24. The summed E-state index contributed by atoms with van der Waals surface area (Å²) in [6.07, 6.45) is 0. The lowest BCUT2D eigenvalue weighted by Gasteiger charge is -2.37. The molecule has 0 bridgehead atoms. The van der Waals surface area contributed by atoms with E-state index in [9.17, 15) is 4.79 Å². The molecule has 1 fully saturated rings. The van der Waals surface area contributed by atoms with Gasteiger partial charge < -0.3 is 11.5 Å². The largest absolute Gasteiger partial charge is 0.369 e. The standard InChI is InChI=1S/C7H15N3O/c1-5(7(9)11)2-10-3-6(8)4-10/h5-6H,2-4,8H2,1H3,(H2,9,11). The molecule has 1 rings (SSSR count). The summed E-state index contributed by atoms with van der Waals surface area (Å²) in [5.74, 6) is -0.284. The monoisotopic (exact) mass is 157 g/mol. The Hall–Kier alpha value is -0.610. The number of likely N-dealkylation sites (tertiary alicyclic amines) is 1. The van der Waals surface area contributed by atoms with E-state index in [0.717, 1.165) is 19.6 Å². The minimum absolute atomic E-state index is 0.0532. The van der Waals surface area contributed by atoms with Crippen LogP contribution >= 0.6 is 0 Å². The van der Waals surface area contributed by atoms with Gasteiger partial charge in [-0.2, -0.15) is 0 Å². The average Bonchev–Trinajstić information content (AvgIpc) is 1.84. The number of nitrogens with zero attached hydrogens (tertiary/aromatic N) is 1. The Morgan fingerprint density at radius 1 is 1.73 bits per heavy atom. The summed E-state index contributed by atoms with van der Waals surface area (Å²) < 4.78 is 0. The molecule has 0 radical (unpaired) electrons. The summed E-state index contributed by atoms with van der Waals surface area (Å²) in [6, 6.07) is 0.301. The highest BCUT2D eigenvalue weighted by molar-refractivity contribution is 5.76. The summed E-state index contributed by atoms with van der Waals surface area (Å²) in [4.78, 5) is 12.8. The molecule has 4 N–H and O–H groups in total. The van der Waals surface area contributed by atoms with Crippen molar-refractivity contribution in [2.24, 2.45) is 17.4 Å². The molecule has 0 spiro atoms. The SMILES string of the molecule is CC(CN1CC(N)C1)C(N)=O. The number of primary amides is 1. The lowest BCUT2D eigenvalue weighted by atomic mass is 10.1. The van der Waals surface area contributed by atoms with Crippen molar-refractivity contribution in [2.45, 2.75) is 13.0 Å². The maximum Gasteiger partial charge on any atom is 0.221 e. The highest BCUT2D eigenvalue weighted by Crippen LogP contribution is 2.08. The quantitative estimate of drug-likeness (QED) is 0.537. The summed E-state index contributed by atoms with van der Waals surface area (Å²) >= 11 is 0. The van der Waals surface area contributed by atoms with Crippen LogP contribution in [0.2, 0.25) is 0 Å². The van der Waals surface area contributed by atoms with Crippen molar-refractivity contribution in [3.8, 4) is 0 Å². The number of hydrogen-bond acceptors (Lipinski definition) is 3. The molecule has 1 saturated heterocycles. The fourth-order valence-electron chi connectivity index (χ4n) is 1.24. The average molecular weight is 157 g/mol. The number of hydrogen-bond donors (Lipinski definition) is 2. The van der Waals surface area contributed by atoms with Gasteiger partial charge in [-0.1, -0.05) is 6.92 Å². The molecule has 0 aromatic carbocycles. The molecule has 1 amide bonds. The number of nitrogens with two attached hydrogens (primary N) is 2. The molecule has 1 aliphatic rings. The Kier molecular flexibility index (Phi) is 2.46. The molecule has 0 aliphatic carbocycles. The normalized spacial score (nSPS) is 22.7. The van der Waals surface area contributed by atoms with E-state index in [-0.39, 0.29) is 11.8 Å². The predicted molar refractivity (Wildman–Crippen MR) is 42.8 cm³/mol. The van der Waals surface area contributed by atoms with Crippen molar-refractivity contribution >= 4 is 5.91 Å². The molecule has 4 nitrogen and oxygen atoms in total. The van der Waals surface area contributed by atoms with Crippen LogP contribution < -0.4 is 11.5 Å². The van der Waals surface area contributed by atoms with Crippen molar-refractivity contribution in [1.82, 2.24) is 4.90 Å². The van der Waals surface area contributed by atoms with E-state index in [1.54, 1.807) is 0 Å². The highest BCUT2D eigenvalue weighted by Gasteiger charge is 2.25. The highest BCUT2D eigenvalue weighted by atomic mass is 16.1. The zero-order valence-electron chi connectivity index (χ0n) is 6.79. The third-order valence-electron chi connectivity index (χ3n) is 2.00. The predicted octanol–water partition coefficient (Wildman–Crippen LogP) is -1.25. The van der Waals surface area contributed by atoms with Crippen LogP contribution in [-0.2, 0) is 4.79 Å². The van der Waals surface area contributed by atoms with Gasteiger partial charge >= 0.3 is 0 Å². The first kappa shape index (κ1) is 8.49. The Balaban J connectivity index is 2.16. The minimum Gasteiger partial charge on any atom is -0.369 e. The van der Waals surface area contributed by atoms with Crippen LogP contribution in [0.25, 0.3) is 0 Å². The minimum atomic E-state index is -0.231. The third-order valence-corrected chi connectivity index (χ3v) is 2.00. The first-order chi connectivity index (χ1) is 5.09. The Morgan fingerprint density at radius 2 is 2.27 bits per heavy atom. The maximum absolute atomic E-state index is 10.6. The molecule has 1 atom stereocenters. The summed E-state index contributed by atoms with van der Waals surface area (Å²) in [7, 11) is 0. The van der Waals surface area contributed by atoms with Crippen LogP contribution in [0.4, 0.5) is 0 Å². The molecule has 11 heavy (non-hydrogen) atoms. The Bertz CT molecular complexity index is 154. The molecular formula is C7H15N3O. The van der Waals surface area contributed by atoms with Gasteiger partial charge in [-0.3, -0.25) is 9.69 Å². The first-order valence-corrected chi connectivity index (χ1v) is 3.87. The second-order valence-corrected chi connectivity index (χ2v) is 3.28. The van der Waals surface area contributed by atoms with Crippen LogP contribution in [0.5, 0.6) is 0 Å². The lowest BCUT2D eigenvalue weighted by molar-refractivity contribution is -0.122. The first-order valence-electron chi connectivity index (χ1n) is 3.87. The van der Waals surface area contributed by atoms with Crippen LogP contribution in [0.1, 0.15) is 6.92 Å². The van der Waals surface area contributed by atoms with Crippen LogP contribution in [0.15, 0.2) is 0 Å². The van der Waals surface area contributed by atoms with Gasteiger partial charge in [0, 0.05) is 31.6 Å². The van der Waals surface area contributed by atoms with E-state index in [1.807, 2.05) is 6.92 Å². The van der Waals surface area contributed by atoms with Gasteiger partial charge in [0.05, 0.1) is 0 Å². The number of amides is 1. The number of rotatable bonds is 3. The molecule has 4 heteroatoms. The van der Waals surface area contributed by atoms with Crippen LogP contribution in [0.3, 0.4) is 0 Å². The van der Waals surface area contributed by atoms with Gasteiger partial charge in [0.2, 0.25) is 5.91 Å². The van der Waals surface area contributed by atoms with Gasteiger partial charge in [0.15, 0.2) is 0 Å². The van der Waals surface area contributed by atoms with Crippen LogP contribution in [-0.4, -0.2) is 36.5 Å². The topological polar surface area (TPSA) is 72.3 Å². The molecule has 0 saturated carbocycles. The Labute approximate surface area is 66.5 Å². The van der Waals surface area contributed by atoms with Crippen LogP contribution in [0, 0.1) is 5.92 Å². The molecule has 64 valence electrons. The van der Waals surface area contributed by atoms with Gasteiger partial charge in [0.25, 0.3) is 0 Å². The molecule has 0 aromatic rings. The summed E-state index contributed by atoms with van der Waals surface area (Å²) in [5.41, 5.74) is 10.7. The second kappa shape index (κ2) is 3.19. The maximum atomic E-state index is 10.6. The molecular weight excluding hydrogens is 142 g/mol. The van der Waals surface area contributed by atoms with Gasteiger partial charge in [-0.25, -0.2) is 0 Å². The van der Waals surface area contributed by atoms with Gasteiger partial charge in [0.1, 0.15) is 0 Å². The number of carbonyl (C=O) groups is 1. The smallest absolute Gasteiger partial charge is 0.221 e. The molecule has 1 aliphatic heterocycles. The molecule has 1 unspecified atom stereocenters. The second-order valence-electron chi connectivity index (χ2n) is 3.28. The van der Waals surface area contributed by atoms with Crippen molar-refractivity contribution in [1.29, 1.82) is 0 Å². The summed E-state index contributed by atoms with van der Waals surface area (Å²) in [5, 5.41) is 0. The van der Waals surface area contributed by atoms with Gasteiger partial charge in [-0.15, -0.1) is 0 Å². The van der Waals surface area contributed by atoms with Crippen molar-refractivity contribution in [3.05, 3.63) is 0 Å². The molecule has 0 aromatic heterocycles. The summed E-state index contributed by atoms with van der Waals surface area (Å²) in [6.45, 7) is 4.39. The van der Waals surface area contributed by atoms with Crippen molar-refractivity contribution in [3.63, 3.8) is 0 Å². The zero-order valence-corrected chi connectivity index (χ0v) is 6.79. The lowest BCUT2D eigenvalue weighted by Crippen LogP contribution is -2.57. The zero-order chi connectivity index (χ0) is 8.43. The third kappa shape index (κ3) is 2.17. The Morgan fingerprint density at radius 3 is 2.64 bits per heavy atom. The van der Waals surface area contributed by atoms with E-state index in [4.69, 9.17) is 11.5 Å². The van der Waals surface area contributed by atoms with E-state index >= 15 is 0 Å². The molecule has 1 heterocycles. The van der Waals surface area contributed by atoms with E-state index in [0.29, 0.717) is 6.04 Å². The van der Waals surface area contributed by atoms with E-state index in [2.05, 4.69) is 4.90 Å². The van der Waals surface area contributed by atoms with Gasteiger partial charge in [-0.05, 0) is 0 Å². The van der Waals surface area contributed by atoms with Crippen molar-refractivity contribution < 1.29 is 4.79 Å². The number of carbonyl (C=O) groups excluding carboxylic acids is 1. The fraction of sp³-hybridized carbons (Fsp3) is 0.857.